The van der Waals surface area contributed by atoms with Crippen LogP contribution in [0.1, 0.15) is 11.1 Å². The van der Waals surface area contributed by atoms with E-state index >= 15 is 0 Å². The van der Waals surface area contributed by atoms with E-state index in [0.29, 0.717) is 34.9 Å². The van der Waals surface area contributed by atoms with Crippen molar-refractivity contribution in [2.24, 2.45) is 5.16 Å². The zero-order valence-electron chi connectivity index (χ0n) is 15.7. The normalized spacial score (nSPS) is 11.6. The molecule has 2 heterocycles. The first-order valence-corrected chi connectivity index (χ1v) is 9.59. The van der Waals surface area contributed by atoms with E-state index in [1.54, 1.807) is 12.3 Å². The van der Waals surface area contributed by atoms with Crippen LogP contribution in [0.25, 0.3) is 11.2 Å². The van der Waals surface area contributed by atoms with E-state index < -0.39 is 5.82 Å². The van der Waals surface area contributed by atoms with Crippen molar-refractivity contribution in [2.75, 3.05) is 17.2 Å². The van der Waals surface area contributed by atoms with Crippen LogP contribution >= 0.6 is 11.6 Å². The van der Waals surface area contributed by atoms with E-state index in [2.05, 4.69) is 42.9 Å². The Hall–Kier alpha value is -3.65. The highest BCUT2D eigenvalue weighted by Gasteiger charge is 2.14. The lowest BCUT2D eigenvalue weighted by Crippen LogP contribution is -2.14. The predicted molar refractivity (Wildman–Crippen MR) is 116 cm³/mol. The van der Waals surface area contributed by atoms with Crippen molar-refractivity contribution in [1.29, 1.82) is 0 Å². The van der Waals surface area contributed by atoms with Crippen LogP contribution in [-0.4, -0.2) is 32.5 Å². The summed E-state index contributed by atoms with van der Waals surface area (Å²) in [5.74, 6) is 0.170. The van der Waals surface area contributed by atoms with Crippen molar-refractivity contribution in [1.82, 2.24) is 15.0 Å². The van der Waals surface area contributed by atoms with Crippen molar-refractivity contribution < 1.29 is 9.60 Å². The van der Waals surface area contributed by atoms with Crippen molar-refractivity contribution in [3.8, 4) is 0 Å². The topological polar surface area (TPSA) is 98.2 Å². The summed E-state index contributed by atoms with van der Waals surface area (Å²) in [6, 6.07) is 15.9. The van der Waals surface area contributed by atoms with Gasteiger partial charge >= 0.3 is 0 Å². The van der Waals surface area contributed by atoms with Crippen molar-refractivity contribution in [3.05, 3.63) is 82.8 Å². The number of rotatable bonds is 6. The number of nitrogens with zero attached hydrogens (tertiary/aromatic N) is 3. The van der Waals surface area contributed by atoms with Crippen LogP contribution in [-0.2, 0) is 6.42 Å². The van der Waals surface area contributed by atoms with Crippen LogP contribution < -0.4 is 10.6 Å². The predicted octanol–water partition coefficient (Wildman–Crippen LogP) is 4.65. The summed E-state index contributed by atoms with van der Waals surface area (Å²) in [7, 11) is 0. The number of fused-ring (bicyclic) bond motifs is 1. The molecule has 0 radical (unpaired) electrons. The lowest BCUT2D eigenvalue weighted by atomic mass is 10.1. The number of anilines is 2. The van der Waals surface area contributed by atoms with Gasteiger partial charge in [-0.2, -0.15) is 4.98 Å². The molecule has 0 aliphatic carbocycles. The van der Waals surface area contributed by atoms with Gasteiger partial charge in [-0.25, -0.2) is 9.37 Å². The summed E-state index contributed by atoms with van der Waals surface area (Å²) >= 11 is 5.83. The Morgan fingerprint density at radius 2 is 2.00 bits per heavy atom. The van der Waals surface area contributed by atoms with E-state index in [1.165, 1.54) is 23.8 Å². The van der Waals surface area contributed by atoms with E-state index in [4.69, 9.17) is 11.6 Å². The molecule has 2 aromatic carbocycles. The Bertz CT molecular complexity index is 1190. The molecule has 30 heavy (non-hydrogen) atoms. The molecule has 0 aliphatic heterocycles. The monoisotopic (exact) mass is 424 g/mol. The van der Waals surface area contributed by atoms with Crippen molar-refractivity contribution in [2.45, 2.75) is 6.42 Å². The highest BCUT2D eigenvalue weighted by molar-refractivity contribution is 6.31. The molecule has 4 rings (SSSR count). The number of hydrogen-bond acceptors (Lipinski definition) is 5. The number of hydrogen-bond donors (Lipinski definition) is 4. The van der Waals surface area contributed by atoms with Gasteiger partial charge in [0.25, 0.3) is 0 Å². The molecule has 9 heteroatoms. The van der Waals surface area contributed by atoms with Gasteiger partial charge in [0.1, 0.15) is 5.82 Å². The summed E-state index contributed by atoms with van der Waals surface area (Å²) in [6.45, 7) is 0.687. The van der Waals surface area contributed by atoms with Gasteiger partial charge in [-0.05, 0) is 36.2 Å². The SMILES string of the molecule is O/N=C(/Nc1ccc(F)c(Cl)c1)c1ccnc2nc(NCCc3ccccc3)[nH]c12. The first-order valence-electron chi connectivity index (χ1n) is 9.21. The number of pyridine rings is 1. The third kappa shape index (κ3) is 4.33. The summed E-state index contributed by atoms with van der Waals surface area (Å²) < 4.78 is 13.4. The molecule has 0 bridgehead atoms. The van der Waals surface area contributed by atoms with E-state index in [1.807, 2.05) is 18.2 Å². The van der Waals surface area contributed by atoms with Gasteiger partial charge in [0, 0.05) is 24.0 Å². The Balaban J connectivity index is 1.54. The van der Waals surface area contributed by atoms with Crippen LogP contribution in [0, 0.1) is 5.82 Å². The molecular weight excluding hydrogens is 407 g/mol. The third-order valence-electron chi connectivity index (χ3n) is 4.48. The minimum absolute atomic E-state index is 0.0383. The first kappa shape index (κ1) is 19.7. The van der Waals surface area contributed by atoms with E-state index in [0.717, 1.165) is 6.42 Å². The maximum Gasteiger partial charge on any atom is 0.202 e. The minimum atomic E-state index is -0.532. The first-order chi connectivity index (χ1) is 14.6. The second-order valence-electron chi connectivity index (χ2n) is 6.51. The van der Waals surface area contributed by atoms with Gasteiger partial charge in [0.2, 0.25) is 5.95 Å². The molecular formula is C21H18ClFN6O. The molecule has 0 fully saturated rings. The number of benzene rings is 2. The fourth-order valence-electron chi connectivity index (χ4n) is 3.02. The average Bonchev–Trinajstić information content (AvgIpc) is 3.18. The molecule has 0 spiro atoms. The zero-order valence-corrected chi connectivity index (χ0v) is 16.5. The fourth-order valence-corrected chi connectivity index (χ4v) is 3.20. The molecule has 0 atom stereocenters. The summed E-state index contributed by atoms with van der Waals surface area (Å²) in [5, 5.41) is 19.0. The van der Waals surface area contributed by atoms with Gasteiger partial charge in [-0.1, -0.05) is 47.1 Å². The largest absolute Gasteiger partial charge is 0.409 e. The van der Waals surface area contributed by atoms with Crippen LogP contribution in [0.4, 0.5) is 16.0 Å². The van der Waals surface area contributed by atoms with Crippen LogP contribution in [0.2, 0.25) is 5.02 Å². The Morgan fingerprint density at radius 1 is 1.17 bits per heavy atom. The lowest BCUT2D eigenvalue weighted by molar-refractivity contribution is 0.319. The molecule has 0 amide bonds. The number of H-pyrrole nitrogens is 1. The molecule has 0 saturated heterocycles. The number of aromatic amines is 1. The molecule has 4 aromatic rings. The minimum Gasteiger partial charge on any atom is -0.409 e. The molecule has 4 N–H and O–H groups in total. The molecule has 2 aromatic heterocycles. The lowest BCUT2D eigenvalue weighted by Gasteiger charge is -2.09. The number of aromatic nitrogens is 3. The van der Waals surface area contributed by atoms with Gasteiger partial charge in [0.05, 0.1) is 10.5 Å². The third-order valence-corrected chi connectivity index (χ3v) is 4.77. The van der Waals surface area contributed by atoms with Gasteiger partial charge in [-0.15, -0.1) is 0 Å². The van der Waals surface area contributed by atoms with Crippen LogP contribution in [0.3, 0.4) is 0 Å². The quantitative estimate of drug-likeness (QED) is 0.156. The highest BCUT2D eigenvalue weighted by atomic mass is 35.5. The molecule has 152 valence electrons. The number of oxime groups is 1. The molecule has 0 unspecified atom stereocenters. The van der Waals surface area contributed by atoms with Gasteiger partial charge < -0.3 is 20.8 Å². The smallest absolute Gasteiger partial charge is 0.202 e. The standard InChI is InChI=1S/C21H18ClFN6O/c22-16-12-14(6-7-17(16)23)26-19(29-30)15-9-11-24-20-18(15)27-21(28-20)25-10-8-13-4-2-1-3-5-13/h1-7,9,11-12,30H,8,10H2,(H,26,29)(H2,24,25,27,28). The van der Waals surface area contributed by atoms with Crippen LogP contribution in [0.15, 0.2) is 65.9 Å². The van der Waals surface area contributed by atoms with Crippen molar-refractivity contribution >= 4 is 40.2 Å². The highest BCUT2D eigenvalue weighted by Crippen LogP contribution is 2.22. The number of imidazole rings is 1. The Kier molecular flexibility index (Phi) is 5.76. The van der Waals surface area contributed by atoms with Gasteiger partial charge in [-0.3, -0.25) is 0 Å². The molecule has 7 nitrogen and oxygen atoms in total. The van der Waals surface area contributed by atoms with Crippen LogP contribution in [0.5, 0.6) is 0 Å². The maximum absolute atomic E-state index is 13.4. The fraction of sp³-hybridized carbons (Fsp3) is 0.0952. The Labute approximate surface area is 176 Å². The number of nitrogens with one attached hydrogen (secondary N) is 3. The number of halogens is 2. The molecule has 0 saturated carbocycles. The maximum atomic E-state index is 13.4. The second-order valence-corrected chi connectivity index (χ2v) is 6.91. The van der Waals surface area contributed by atoms with Gasteiger partial charge in [0.15, 0.2) is 11.5 Å². The summed E-state index contributed by atoms with van der Waals surface area (Å²) in [5.41, 5.74) is 3.30. The summed E-state index contributed by atoms with van der Waals surface area (Å²) in [4.78, 5) is 11.9. The average molecular weight is 425 g/mol. The summed E-state index contributed by atoms with van der Waals surface area (Å²) in [6.07, 6.45) is 2.41. The zero-order chi connectivity index (χ0) is 20.9. The molecule has 0 aliphatic rings. The second kappa shape index (κ2) is 8.79. The van der Waals surface area contributed by atoms with E-state index in [9.17, 15) is 9.60 Å². The van der Waals surface area contributed by atoms with Crippen molar-refractivity contribution in [3.63, 3.8) is 0 Å². The number of amidine groups is 1. The Morgan fingerprint density at radius 3 is 2.77 bits per heavy atom. The van der Waals surface area contributed by atoms with E-state index in [-0.39, 0.29) is 10.9 Å².